The molecule has 1 aliphatic heterocycles. The largest absolute Gasteiger partial charge is 0.494 e. The molecule has 0 unspecified atom stereocenters. The van der Waals surface area contributed by atoms with Crippen LogP contribution in [0.5, 0.6) is 5.75 Å². The van der Waals surface area contributed by atoms with Crippen molar-refractivity contribution in [3.05, 3.63) is 74.6 Å². The first-order chi connectivity index (χ1) is 12.5. The Balaban J connectivity index is 1.91. The van der Waals surface area contributed by atoms with E-state index in [1.807, 2.05) is 31.2 Å². The number of rotatable bonds is 3. The molecule has 0 radical (unpaired) electrons. The first-order valence-corrected chi connectivity index (χ1v) is 8.65. The van der Waals surface area contributed by atoms with E-state index in [2.05, 4.69) is 0 Å². The van der Waals surface area contributed by atoms with Gasteiger partial charge in [0.25, 0.3) is 5.91 Å². The van der Waals surface area contributed by atoms with Crippen molar-refractivity contribution >= 4 is 28.5 Å². The fourth-order valence-electron chi connectivity index (χ4n) is 3.36. The van der Waals surface area contributed by atoms with Crippen molar-refractivity contribution in [2.75, 3.05) is 13.7 Å². The maximum atomic E-state index is 13.1. The number of ether oxygens (including phenoxy) is 1. The molecule has 132 valence electrons. The molecule has 5 nitrogen and oxygen atoms in total. The van der Waals surface area contributed by atoms with E-state index in [1.54, 1.807) is 25.2 Å². The van der Waals surface area contributed by atoms with Gasteiger partial charge in [-0.1, -0.05) is 23.7 Å². The van der Waals surface area contributed by atoms with Crippen molar-refractivity contribution in [3.8, 4) is 5.75 Å². The molecular weight excluding hydrogens is 354 g/mol. The van der Waals surface area contributed by atoms with Crippen LogP contribution in [0.4, 0.5) is 0 Å². The van der Waals surface area contributed by atoms with Crippen LogP contribution in [0, 0.1) is 0 Å². The minimum atomic E-state index is -0.507. The van der Waals surface area contributed by atoms with Crippen LogP contribution in [0.1, 0.15) is 34.6 Å². The monoisotopic (exact) mass is 369 g/mol. The normalized spacial score (nSPS) is 16.2. The van der Waals surface area contributed by atoms with Crippen LogP contribution in [0.2, 0.25) is 5.02 Å². The maximum Gasteiger partial charge on any atom is 0.290 e. The van der Waals surface area contributed by atoms with E-state index in [-0.39, 0.29) is 17.1 Å². The van der Waals surface area contributed by atoms with Gasteiger partial charge in [-0.15, -0.1) is 0 Å². The lowest BCUT2D eigenvalue weighted by atomic mass is 9.99. The first kappa shape index (κ1) is 16.7. The molecule has 1 aromatic heterocycles. The molecule has 0 saturated carbocycles. The Morgan fingerprint density at radius 3 is 2.58 bits per heavy atom. The SMILES string of the molecule is CCOc1ccc([C@H]2c3c(oc4ccc(Cl)cc4c3=O)C(=O)N2C)cc1. The Bertz CT molecular complexity index is 1070. The van der Waals surface area contributed by atoms with E-state index in [0.717, 1.165) is 11.3 Å². The van der Waals surface area contributed by atoms with Gasteiger partial charge in [-0.05, 0) is 42.8 Å². The van der Waals surface area contributed by atoms with Gasteiger partial charge in [-0.3, -0.25) is 9.59 Å². The van der Waals surface area contributed by atoms with E-state index >= 15 is 0 Å². The van der Waals surface area contributed by atoms with Gasteiger partial charge in [-0.2, -0.15) is 0 Å². The van der Waals surface area contributed by atoms with Gasteiger partial charge in [-0.25, -0.2) is 0 Å². The molecule has 1 amide bonds. The molecule has 0 saturated heterocycles. The number of amides is 1. The van der Waals surface area contributed by atoms with Crippen molar-refractivity contribution < 1.29 is 13.9 Å². The van der Waals surface area contributed by atoms with Crippen molar-refractivity contribution in [2.45, 2.75) is 13.0 Å². The summed E-state index contributed by atoms with van der Waals surface area (Å²) < 4.78 is 11.2. The summed E-state index contributed by atoms with van der Waals surface area (Å²) in [4.78, 5) is 27.3. The van der Waals surface area contributed by atoms with Crippen LogP contribution < -0.4 is 10.2 Å². The summed E-state index contributed by atoms with van der Waals surface area (Å²) in [6.07, 6.45) is 0. The van der Waals surface area contributed by atoms with Crippen LogP contribution in [0.25, 0.3) is 11.0 Å². The van der Waals surface area contributed by atoms with E-state index in [4.69, 9.17) is 20.8 Å². The van der Waals surface area contributed by atoms with Crippen LogP contribution in [0.15, 0.2) is 51.7 Å². The third-order valence-corrected chi connectivity index (χ3v) is 4.80. The molecule has 26 heavy (non-hydrogen) atoms. The number of hydrogen-bond acceptors (Lipinski definition) is 4. The molecule has 0 fully saturated rings. The van der Waals surface area contributed by atoms with Gasteiger partial charge in [0.1, 0.15) is 11.3 Å². The Kier molecular flexibility index (Phi) is 3.96. The van der Waals surface area contributed by atoms with E-state index in [0.29, 0.717) is 28.2 Å². The van der Waals surface area contributed by atoms with Crippen molar-refractivity contribution in [3.63, 3.8) is 0 Å². The van der Waals surface area contributed by atoms with Gasteiger partial charge >= 0.3 is 0 Å². The van der Waals surface area contributed by atoms with Crippen LogP contribution in [-0.4, -0.2) is 24.5 Å². The Hall–Kier alpha value is -2.79. The van der Waals surface area contributed by atoms with Gasteiger partial charge in [0.05, 0.1) is 23.6 Å². The summed E-state index contributed by atoms with van der Waals surface area (Å²) in [7, 11) is 1.66. The highest BCUT2D eigenvalue weighted by Crippen LogP contribution is 2.37. The molecule has 1 aliphatic rings. The molecular formula is C20H16ClNO4. The fraction of sp³-hybridized carbons (Fsp3) is 0.200. The summed E-state index contributed by atoms with van der Waals surface area (Å²) in [5.74, 6) is 0.514. The average molecular weight is 370 g/mol. The molecule has 1 atom stereocenters. The third kappa shape index (κ3) is 2.47. The van der Waals surface area contributed by atoms with E-state index < -0.39 is 6.04 Å². The Labute approximate surface area is 154 Å². The number of nitrogens with zero attached hydrogens (tertiary/aromatic N) is 1. The second kappa shape index (κ2) is 6.18. The van der Waals surface area contributed by atoms with Crippen molar-refractivity contribution in [1.82, 2.24) is 4.90 Å². The molecule has 4 rings (SSSR count). The van der Waals surface area contributed by atoms with E-state index in [1.165, 1.54) is 4.90 Å². The van der Waals surface area contributed by atoms with Gasteiger partial charge < -0.3 is 14.1 Å². The number of fused-ring (bicyclic) bond motifs is 2. The zero-order valence-corrected chi connectivity index (χ0v) is 15.0. The second-order valence-corrected chi connectivity index (χ2v) is 6.57. The van der Waals surface area contributed by atoms with Crippen molar-refractivity contribution in [1.29, 1.82) is 0 Å². The zero-order valence-electron chi connectivity index (χ0n) is 14.3. The summed E-state index contributed by atoms with van der Waals surface area (Å²) >= 11 is 6.03. The van der Waals surface area contributed by atoms with Gasteiger partial charge in [0.15, 0.2) is 5.43 Å². The Morgan fingerprint density at radius 1 is 1.15 bits per heavy atom. The molecule has 2 heterocycles. The molecule has 0 N–H and O–H groups in total. The number of carbonyl (C=O) groups is 1. The summed E-state index contributed by atoms with van der Waals surface area (Å²) in [6, 6.07) is 11.7. The van der Waals surface area contributed by atoms with E-state index in [9.17, 15) is 9.59 Å². The highest BCUT2D eigenvalue weighted by molar-refractivity contribution is 6.31. The minimum Gasteiger partial charge on any atom is -0.494 e. The van der Waals surface area contributed by atoms with Crippen molar-refractivity contribution in [2.24, 2.45) is 0 Å². The topological polar surface area (TPSA) is 59.8 Å². The molecule has 3 aromatic rings. The smallest absolute Gasteiger partial charge is 0.290 e. The van der Waals surface area contributed by atoms with Crippen LogP contribution in [0.3, 0.4) is 0 Å². The van der Waals surface area contributed by atoms with Crippen LogP contribution >= 0.6 is 11.6 Å². The predicted molar refractivity (Wildman–Crippen MR) is 99.0 cm³/mol. The minimum absolute atomic E-state index is 0.0891. The highest BCUT2D eigenvalue weighted by Gasteiger charge is 2.40. The standard InChI is InChI=1S/C20H16ClNO4/c1-3-25-13-7-4-11(5-8-13)17-16-18(23)14-10-12(21)6-9-15(14)26-19(16)20(24)22(17)2/h4-10,17H,3H2,1-2H3/t17-/m0/s1. The highest BCUT2D eigenvalue weighted by atomic mass is 35.5. The average Bonchev–Trinajstić information content (AvgIpc) is 2.89. The van der Waals surface area contributed by atoms with Gasteiger partial charge in [0, 0.05) is 12.1 Å². The Morgan fingerprint density at radius 2 is 1.88 bits per heavy atom. The first-order valence-electron chi connectivity index (χ1n) is 8.27. The van der Waals surface area contributed by atoms with Crippen LogP contribution in [-0.2, 0) is 0 Å². The van der Waals surface area contributed by atoms with Gasteiger partial charge in [0.2, 0.25) is 5.76 Å². The molecule has 0 bridgehead atoms. The fourth-order valence-corrected chi connectivity index (χ4v) is 3.54. The molecule has 6 heteroatoms. The lowest BCUT2D eigenvalue weighted by Gasteiger charge is -2.20. The summed E-state index contributed by atoms with van der Waals surface area (Å²) in [6.45, 7) is 2.48. The summed E-state index contributed by atoms with van der Waals surface area (Å²) in [5.41, 5.74) is 1.28. The second-order valence-electron chi connectivity index (χ2n) is 6.14. The number of hydrogen-bond donors (Lipinski definition) is 0. The number of benzene rings is 2. The lowest BCUT2D eigenvalue weighted by Crippen LogP contribution is -2.25. The third-order valence-electron chi connectivity index (χ3n) is 4.57. The quantitative estimate of drug-likeness (QED) is 0.699. The summed E-state index contributed by atoms with van der Waals surface area (Å²) in [5, 5.41) is 0.815. The predicted octanol–water partition coefficient (Wildman–Crippen LogP) is 4.02. The molecule has 2 aromatic carbocycles. The number of halogens is 1. The maximum absolute atomic E-state index is 13.1. The number of carbonyl (C=O) groups excluding carboxylic acids is 1. The molecule has 0 spiro atoms. The molecule has 0 aliphatic carbocycles. The zero-order chi connectivity index (χ0) is 18.4. The lowest BCUT2D eigenvalue weighted by molar-refractivity contribution is 0.0771.